The zero-order chi connectivity index (χ0) is 21.8. The highest BCUT2D eigenvalue weighted by atomic mass is 19.1. The summed E-state index contributed by atoms with van der Waals surface area (Å²) in [5.74, 6) is -0.991. The van der Waals surface area contributed by atoms with Crippen LogP contribution in [0.2, 0.25) is 0 Å². The van der Waals surface area contributed by atoms with Crippen molar-refractivity contribution < 1.29 is 23.5 Å². The molecule has 6 nitrogen and oxygen atoms in total. The Morgan fingerprint density at radius 1 is 1.21 bits per heavy atom. The van der Waals surface area contributed by atoms with Gasteiger partial charge in [0.2, 0.25) is 0 Å². The number of anilines is 1. The summed E-state index contributed by atoms with van der Waals surface area (Å²) in [5.41, 5.74) is 1.17. The molecule has 1 fully saturated rings. The molecule has 0 aliphatic heterocycles. The second-order valence-corrected chi connectivity index (χ2v) is 8.53. The van der Waals surface area contributed by atoms with Crippen molar-refractivity contribution in [3.63, 3.8) is 0 Å². The standard InChI is InChI=1S/C22H33FN2O4/c1-7-25(19-13-15(23)12-18(14(19)2)20(26)28-6)17-10-8-16(9-11-17)24-21(27)29-22(3,4)5/h12-13,16-17H,7-11H2,1-6H3,(H,24,27). The van der Waals surface area contributed by atoms with Crippen LogP contribution in [0.5, 0.6) is 0 Å². The largest absolute Gasteiger partial charge is 0.465 e. The average molecular weight is 409 g/mol. The lowest BCUT2D eigenvalue weighted by Crippen LogP contribution is -2.45. The van der Waals surface area contributed by atoms with Gasteiger partial charge in [0.05, 0.1) is 12.7 Å². The fourth-order valence-corrected chi connectivity index (χ4v) is 3.92. The molecule has 0 atom stereocenters. The van der Waals surface area contributed by atoms with Gasteiger partial charge >= 0.3 is 12.1 Å². The third-order valence-corrected chi connectivity index (χ3v) is 5.26. The van der Waals surface area contributed by atoms with Crippen molar-refractivity contribution in [1.29, 1.82) is 0 Å². The molecule has 1 aromatic carbocycles. The van der Waals surface area contributed by atoms with E-state index in [1.165, 1.54) is 19.2 Å². The molecule has 0 aromatic heterocycles. The van der Waals surface area contributed by atoms with E-state index in [0.717, 1.165) is 31.4 Å². The molecule has 1 aromatic rings. The van der Waals surface area contributed by atoms with Gasteiger partial charge in [0.25, 0.3) is 0 Å². The molecule has 0 saturated heterocycles. The first-order valence-corrected chi connectivity index (χ1v) is 10.2. The van der Waals surface area contributed by atoms with E-state index in [0.29, 0.717) is 12.1 Å². The van der Waals surface area contributed by atoms with Crippen LogP contribution in [-0.4, -0.2) is 43.4 Å². The fraction of sp³-hybridized carbons (Fsp3) is 0.636. The van der Waals surface area contributed by atoms with Crippen molar-refractivity contribution in [3.05, 3.63) is 29.1 Å². The van der Waals surface area contributed by atoms with E-state index in [9.17, 15) is 14.0 Å². The number of hydrogen-bond acceptors (Lipinski definition) is 5. The van der Waals surface area contributed by atoms with Crippen LogP contribution in [0.3, 0.4) is 0 Å². The van der Waals surface area contributed by atoms with Crippen LogP contribution in [-0.2, 0) is 9.47 Å². The van der Waals surface area contributed by atoms with Gasteiger partial charge in [-0.25, -0.2) is 14.0 Å². The molecular weight excluding hydrogens is 375 g/mol. The highest BCUT2D eigenvalue weighted by molar-refractivity contribution is 5.92. The van der Waals surface area contributed by atoms with Crippen LogP contribution in [0.4, 0.5) is 14.9 Å². The summed E-state index contributed by atoms with van der Waals surface area (Å²) in [6.45, 7) is 10.1. The Kier molecular flexibility index (Phi) is 7.49. The summed E-state index contributed by atoms with van der Waals surface area (Å²) < 4.78 is 24.3. The van der Waals surface area contributed by atoms with Crippen LogP contribution < -0.4 is 10.2 Å². The summed E-state index contributed by atoms with van der Waals surface area (Å²) in [5, 5.41) is 2.94. The highest BCUT2D eigenvalue weighted by Gasteiger charge is 2.29. The molecule has 0 spiro atoms. The second kappa shape index (κ2) is 9.46. The van der Waals surface area contributed by atoms with Gasteiger partial charge in [-0.15, -0.1) is 0 Å². The van der Waals surface area contributed by atoms with E-state index < -0.39 is 23.5 Å². The Bertz CT molecular complexity index is 737. The maximum absolute atomic E-state index is 14.2. The molecule has 162 valence electrons. The van der Waals surface area contributed by atoms with E-state index in [1.54, 1.807) is 0 Å². The van der Waals surface area contributed by atoms with Crippen LogP contribution in [0.1, 0.15) is 69.3 Å². The lowest BCUT2D eigenvalue weighted by atomic mass is 9.89. The van der Waals surface area contributed by atoms with E-state index in [-0.39, 0.29) is 17.6 Å². The molecule has 1 aliphatic rings. The number of methoxy groups -OCH3 is 1. The Morgan fingerprint density at radius 3 is 2.34 bits per heavy atom. The Labute approximate surface area is 172 Å². The quantitative estimate of drug-likeness (QED) is 0.722. The predicted octanol–water partition coefficient (Wildman–Crippen LogP) is 4.58. The molecule has 29 heavy (non-hydrogen) atoms. The lowest BCUT2D eigenvalue weighted by Gasteiger charge is -2.39. The Hall–Kier alpha value is -2.31. The molecule has 0 unspecified atom stereocenters. The van der Waals surface area contributed by atoms with E-state index in [4.69, 9.17) is 9.47 Å². The minimum atomic E-state index is -0.537. The van der Waals surface area contributed by atoms with Gasteiger partial charge in [0.1, 0.15) is 11.4 Å². The van der Waals surface area contributed by atoms with Gasteiger partial charge in [-0.05, 0) is 78.0 Å². The SMILES string of the molecule is CCN(c1cc(F)cc(C(=O)OC)c1C)C1CCC(NC(=O)OC(C)(C)C)CC1. The van der Waals surface area contributed by atoms with Gasteiger partial charge in [0, 0.05) is 24.3 Å². The van der Waals surface area contributed by atoms with E-state index >= 15 is 0 Å². The number of alkyl carbamates (subject to hydrolysis) is 1. The summed E-state index contributed by atoms with van der Waals surface area (Å²) >= 11 is 0. The summed E-state index contributed by atoms with van der Waals surface area (Å²) in [6, 6.07) is 2.98. The number of carbonyl (C=O) groups excluding carboxylic acids is 2. The van der Waals surface area contributed by atoms with Crippen molar-refractivity contribution >= 4 is 17.7 Å². The zero-order valence-corrected chi connectivity index (χ0v) is 18.3. The lowest BCUT2D eigenvalue weighted by molar-refractivity contribution is 0.0490. The van der Waals surface area contributed by atoms with Gasteiger partial charge in [-0.1, -0.05) is 0 Å². The molecule has 1 saturated carbocycles. The number of esters is 1. The number of nitrogens with zero attached hydrogens (tertiary/aromatic N) is 1. The highest BCUT2D eigenvalue weighted by Crippen LogP contribution is 2.32. The maximum Gasteiger partial charge on any atom is 0.407 e. The summed E-state index contributed by atoms with van der Waals surface area (Å²) in [7, 11) is 1.29. The van der Waals surface area contributed by atoms with Crippen LogP contribution >= 0.6 is 0 Å². The molecule has 0 heterocycles. The summed E-state index contributed by atoms with van der Waals surface area (Å²) in [6.07, 6.45) is 2.96. The smallest absolute Gasteiger partial charge is 0.407 e. The minimum Gasteiger partial charge on any atom is -0.465 e. The fourth-order valence-electron chi connectivity index (χ4n) is 3.92. The van der Waals surface area contributed by atoms with Crippen LogP contribution in [0.25, 0.3) is 0 Å². The van der Waals surface area contributed by atoms with Gasteiger partial charge in [0.15, 0.2) is 0 Å². The Balaban J connectivity index is 2.09. The van der Waals surface area contributed by atoms with E-state index in [2.05, 4.69) is 10.2 Å². The van der Waals surface area contributed by atoms with Gasteiger partial charge < -0.3 is 19.7 Å². The Morgan fingerprint density at radius 2 is 1.83 bits per heavy atom. The van der Waals surface area contributed by atoms with E-state index in [1.807, 2.05) is 34.6 Å². The normalized spacial score (nSPS) is 19.4. The molecular formula is C22H33FN2O4. The maximum atomic E-state index is 14.2. The average Bonchev–Trinajstić information content (AvgIpc) is 2.63. The number of amides is 1. The van der Waals surface area contributed by atoms with Crippen molar-refractivity contribution in [3.8, 4) is 0 Å². The van der Waals surface area contributed by atoms with Crippen molar-refractivity contribution in [2.45, 2.75) is 78.0 Å². The number of carbonyl (C=O) groups is 2. The predicted molar refractivity (Wildman–Crippen MR) is 111 cm³/mol. The number of nitrogens with one attached hydrogen (secondary N) is 1. The third-order valence-electron chi connectivity index (χ3n) is 5.26. The molecule has 0 radical (unpaired) electrons. The number of rotatable bonds is 5. The number of ether oxygens (including phenoxy) is 2. The third kappa shape index (κ3) is 6.08. The van der Waals surface area contributed by atoms with Crippen molar-refractivity contribution in [2.24, 2.45) is 0 Å². The molecule has 1 aliphatic carbocycles. The monoisotopic (exact) mass is 408 g/mol. The number of halogens is 1. The second-order valence-electron chi connectivity index (χ2n) is 8.53. The molecule has 7 heteroatoms. The molecule has 2 rings (SSSR count). The molecule has 1 N–H and O–H groups in total. The minimum absolute atomic E-state index is 0.0686. The van der Waals surface area contributed by atoms with Crippen molar-refractivity contribution in [2.75, 3.05) is 18.6 Å². The van der Waals surface area contributed by atoms with Crippen molar-refractivity contribution in [1.82, 2.24) is 5.32 Å². The molecule has 1 amide bonds. The van der Waals surface area contributed by atoms with Crippen LogP contribution in [0.15, 0.2) is 12.1 Å². The first kappa shape index (κ1) is 23.0. The van der Waals surface area contributed by atoms with Gasteiger partial charge in [-0.3, -0.25) is 0 Å². The summed E-state index contributed by atoms with van der Waals surface area (Å²) in [4.78, 5) is 26.2. The first-order valence-electron chi connectivity index (χ1n) is 10.2. The first-order chi connectivity index (χ1) is 13.6. The molecule has 0 bridgehead atoms. The zero-order valence-electron chi connectivity index (χ0n) is 18.3. The number of hydrogen-bond donors (Lipinski definition) is 1. The van der Waals surface area contributed by atoms with Gasteiger partial charge in [-0.2, -0.15) is 0 Å². The van der Waals surface area contributed by atoms with Crippen LogP contribution in [0, 0.1) is 12.7 Å². The topological polar surface area (TPSA) is 67.9 Å². The number of benzene rings is 1.